The molecule has 0 unspecified atom stereocenters. The quantitative estimate of drug-likeness (QED) is 0.442. The zero-order chi connectivity index (χ0) is 12.9. The Morgan fingerprint density at radius 1 is 1.18 bits per heavy atom. The molecule has 100 valence electrons. The van der Waals surface area contributed by atoms with Crippen LogP contribution in [0.25, 0.3) is 0 Å². The largest absolute Gasteiger partial charge is 0.370 e. The molecular formula is C14H29N3. The lowest BCUT2D eigenvalue weighted by Crippen LogP contribution is -2.45. The maximum atomic E-state index is 5.91. The van der Waals surface area contributed by atoms with E-state index in [0.29, 0.717) is 11.4 Å². The first-order valence-corrected chi connectivity index (χ1v) is 6.89. The van der Waals surface area contributed by atoms with Gasteiger partial charge in [-0.2, -0.15) is 0 Å². The van der Waals surface area contributed by atoms with E-state index in [4.69, 9.17) is 5.73 Å². The zero-order valence-electron chi connectivity index (χ0n) is 12.0. The molecule has 0 aromatic rings. The first kappa shape index (κ1) is 14.3. The van der Waals surface area contributed by atoms with Crippen LogP contribution in [0.3, 0.4) is 0 Å². The summed E-state index contributed by atoms with van der Waals surface area (Å²) in [6, 6.07) is 0. The standard InChI is InChI=1S/C14H29N3/c1-13(2,3)17-12(15)16-11-14(4)9-7-5-6-8-10-14/h5-11H2,1-4H3,(H3,15,16,17). The van der Waals surface area contributed by atoms with Crippen molar-refractivity contribution in [1.82, 2.24) is 5.32 Å². The van der Waals surface area contributed by atoms with Crippen LogP contribution in [0.5, 0.6) is 0 Å². The van der Waals surface area contributed by atoms with E-state index >= 15 is 0 Å². The van der Waals surface area contributed by atoms with E-state index in [9.17, 15) is 0 Å². The van der Waals surface area contributed by atoms with Gasteiger partial charge in [0.25, 0.3) is 0 Å². The number of hydrogen-bond donors (Lipinski definition) is 2. The molecule has 0 radical (unpaired) electrons. The van der Waals surface area contributed by atoms with Crippen molar-refractivity contribution in [2.75, 3.05) is 6.54 Å². The summed E-state index contributed by atoms with van der Waals surface area (Å²) in [4.78, 5) is 4.53. The van der Waals surface area contributed by atoms with Crippen molar-refractivity contribution >= 4 is 5.96 Å². The molecule has 0 spiro atoms. The number of guanidine groups is 1. The van der Waals surface area contributed by atoms with E-state index in [1.54, 1.807) is 0 Å². The van der Waals surface area contributed by atoms with E-state index in [0.717, 1.165) is 6.54 Å². The molecule has 3 heteroatoms. The summed E-state index contributed by atoms with van der Waals surface area (Å²) in [7, 11) is 0. The Kier molecular flexibility index (Phi) is 4.84. The lowest BCUT2D eigenvalue weighted by atomic mass is 9.83. The predicted octanol–water partition coefficient (Wildman–Crippen LogP) is 3.05. The van der Waals surface area contributed by atoms with Crippen LogP contribution < -0.4 is 11.1 Å². The molecule has 0 heterocycles. The van der Waals surface area contributed by atoms with Crippen molar-refractivity contribution in [3.63, 3.8) is 0 Å². The Morgan fingerprint density at radius 3 is 2.18 bits per heavy atom. The minimum atomic E-state index is -0.00204. The molecule has 0 aliphatic heterocycles. The topological polar surface area (TPSA) is 50.4 Å². The molecule has 17 heavy (non-hydrogen) atoms. The number of rotatable bonds is 2. The van der Waals surface area contributed by atoms with Gasteiger partial charge in [-0.3, -0.25) is 4.99 Å². The average Bonchev–Trinajstić information content (AvgIpc) is 2.38. The van der Waals surface area contributed by atoms with Gasteiger partial charge in [-0.05, 0) is 39.0 Å². The highest BCUT2D eigenvalue weighted by molar-refractivity contribution is 5.78. The molecule has 1 saturated carbocycles. The first-order chi connectivity index (χ1) is 7.81. The van der Waals surface area contributed by atoms with Gasteiger partial charge in [-0.15, -0.1) is 0 Å². The van der Waals surface area contributed by atoms with Crippen molar-refractivity contribution in [3.05, 3.63) is 0 Å². The molecule has 1 aliphatic carbocycles. The SMILES string of the molecule is CC1(CN=C(N)NC(C)(C)C)CCCCCC1. The molecule has 0 amide bonds. The second kappa shape index (κ2) is 5.74. The second-order valence-corrected chi connectivity index (χ2v) is 6.80. The fourth-order valence-electron chi connectivity index (χ4n) is 2.44. The molecule has 3 nitrogen and oxygen atoms in total. The molecule has 0 aromatic carbocycles. The third-order valence-electron chi connectivity index (χ3n) is 3.44. The fourth-order valence-corrected chi connectivity index (χ4v) is 2.44. The molecule has 1 fully saturated rings. The summed E-state index contributed by atoms with van der Waals surface area (Å²) in [6.45, 7) is 9.52. The summed E-state index contributed by atoms with van der Waals surface area (Å²) in [6.07, 6.45) is 8.04. The Bertz CT molecular complexity index is 255. The molecular weight excluding hydrogens is 210 g/mol. The van der Waals surface area contributed by atoms with Crippen molar-refractivity contribution < 1.29 is 0 Å². The van der Waals surface area contributed by atoms with Crippen LogP contribution in [-0.4, -0.2) is 18.0 Å². The summed E-state index contributed by atoms with van der Waals surface area (Å²) >= 11 is 0. The summed E-state index contributed by atoms with van der Waals surface area (Å²) in [5, 5.41) is 3.22. The Balaban J connectivity index is 2.49. The van der Waals surface area contributed by atoms with Gasteiger partial charge in [0.15, 0.2) is 5.96 Å². The van der Waals surface area contributed by atoms with E-state index < -0.39 is 0 Å². The molecule has 0 aromatic heterocycles. The molecule has 1 rings (SSSR count). The molecule has 0 bridgehead atoms. The molecule has 1 aliphatic rings. The zero-order valence-corrected chi connectivity index (χ0v) is 12.0. The van der Waals surface area contributed by atoms with E-state index in [2.05, 4.69) is 38.0 Å². The van der Waals surface area contributed by atoms with Gasteiger partial charge >= 0.3 is 0 Å². The van der Waals surface area contributed by atoms with Gasteiger partial charge in [0, 0.05) is 12.1 Å². The van der Waals surface area contributed by atoms with Crippen LogP contribution in [0.4, 0.5) is 0 Å². The minimum absolute atomic E-state index is 0.00204. The third kappa shape index (κ3) is 5.94. The summed E-state index contributed by atoms with van der Waals surface area (Å²) in [5.41, 5.74) is 6.27. The van der Waals surface area contributed by atoms with Gasteiger partial charge in [0.05, 0.1) is 0 Å². The van der Waals surface area contributed by atoms with Gasteiger partial charge in [0.1, 0.15) is 0 Å². The highest BCUT2D eigenvalue weighted by atomic mass is 15.1. The van der Waals surface area contributed by atoms with Crippen LogP contribution in [0.2, 0.25) is 0 Å². The van der Waals surface area contributed by atoms with E-state index in [1.807, 2.05) is 0 Å². The van der Waals surface area contributed by atoms with Gasteiger partial charge in [0.2, 0.25) is 0 Å². The molecule has 0 saturated heterocycles. The lowest BCUT2D eigenvalue weighted by Gasteiger charge is -2.27. The van der Waals surface area contributed by atoms with Crippen molar-refractivity contribution in [1.29, 1.82) is 0 Å². The van der Waals surface area contributed by atoms with Crippen LogP contribution in [0.1, 0.15) is 66.2 Å². The van der Waals surface area contributed by atoms with Crippen LogP contribution in [0.15, 0.2) is 4.99 Å². The van der Waals surface area contributed by atoms with E-state index in [1.165, 1.54) is 38.5 Å². The van der Waals surface area contributed by atoms with Crippen molar-refractivity contribution in [2.45, 2.75) is 71.8 Å². The maximum absolute atomic E-state index is 5.91. The van der Waals surface area contributed by atoms with Crippen LogP contribution in [-0.2, 0) is 0 Å². The summed E-state index contributed by atoms with van der Waals surface area (Å²) in [5.74, 6) is 0.586. The average molecular weight is 239 g/mol. The number of nitrogens with one attached hydrogen (secondary N) is 1. The van der Waals surface area contributed by atoms with Crippen molar-refractivity contribution in [3.8, 4) is 0 Å². The molecule has 0 atom stereocenters. The number of nitrogens with zero attached hydrogens (tertiary/aromatic N) is 1. The smallest absolute Gasteiger partial charge is 0.189 e. The fraction of sp³-hybridized carbons (Fsp3) is 0.929. The second-order valence-electron chi connectivity index (χ2n) is 6.80. The van der Waals surface area contributed by atoms with Crippen LogP contribution in [0, 0.1) is 5.41 Å². The normalized spacial score (nSPS) is 22.0. The Morgan fingerprint density at radius 2 is 1.71 bits per heavy atom. The highest BCUT2D eigenvalue weighted by Crippen LogP contribution is 2.34. The monoisotopic (exact) mass is 239 g/mol. The number of hydrogen-bond acceptors (Lipinski definition) is 1. The minimum Gasteiger partial charge on any atom is -0.370 e. The number of aliphatic imine (C=N–C) groups is 1. The van der Waals surface area contributed by atoms with Gasteiger partial charge in [-0.1, -0.05) is 32.6 Å². The first-order valence-electron chi connectivity index (χ1n) is 6.89. The van der Waals surface area contributed by atoms with Gasteiger partial charge < -0.3 is 11.1 Å². The number of nitrogens with two attached hydrogens (primary N) is 1. The molecule has 3 N–H and O–H groups in total. The Labute approximate surface area is 106 Å². The van der Waals surface area contributed by atoms with Crippen LogP contribution >= 0.6 is 0 Å². The van der Waals surface area contributed by atoms with Crippen molar-refractivity contribution in [2.24, 2.45) is 16.1 Å². The Hall–Kier alpha value is -0.730. The third-order valence-corrected chi connectivity index (χ3v) is 3.44. The van der Waals surface area contributed by atoms with Gasteiger partial charge in [-0.25, -0.2) is 0 Å². The van der Waals surface area contributed by atoms with E-state index in [-0.39, 0.29) is 5.54 Å². The summed E-state index contributed by atoms with van der Waals surface area (Å²) < 4.78 is 0. The maximum Gasteiger partial charge on any atom is 0.189 e. The lowest BCUT2D eigenvalue weighted by molar-refractivity contribution is 0.289. The predicted molar refractivity (Wildman–Crippen MR) is 75.2 cm³/mol. The highest BCUT2D eigenvalue weighted by Gasteiger charge is 2.25.